The van der Waals surface area contributed by atoms with Crippen LogP contribution < -0.4 is 5.73 Å². The van der Waals surface area contributed by atoms with Crippen LogP contribution in [0.4, 0.5) is 0 Å². The highest BCUT2D eigenvalue weighted by atomic mass is 79.9. The van der Waals surface area contributed by atoms with Gasteiger partial charge >= 0.3 is 0 Å². The monoisotopic (exact) mass is 236 g/mol. The second-order valence-corrected chi connectivity index (χ2v) is 2.90. The van der Waals surface area contributed by atoms with E-state index in [2.05, 4.69) is 20.9 Å². The Morgan fingerprint density at radius 1 is 1.55 bits per heavy atom. The molecule has 11 heavy (non-hydrogen) atoms. The highest BCUT2D eigenvalue weighted by Crippen LogP contribution is 2.10. The van der Waals surface area contributed by atoms with E-state index in [0.29, 0.717) is 6.54 Å². The Bertz CT molecular complexity index is 240. The van der Waals surface area contributed by atoms with E-state index in [1.807, 2.05) is 19.1 Å². The van der Waals surface area contributed by atoms with E-state index in [0.717, 1.165) is 15.9 Å². The van der Waals surface area contributed by atoms with Crippen LogP contribution in [0, 0.1) is 6.92 Å². The number of nitrogens with zero attached hydrogens (tertiary/aromatic N) is 1. The fourth-order valence-electron chi connectivity index (χ4n) is 0.775. The van der Waals surface area contributed by atoms with Crippen LogP contribution in [-0.4, -0.2) is 4.98 Å². The van der Waals surface area contributed by atoms with E-state index in [1.54, 1.807) is 0 Å². The van der Waals surface area contributed by atoms with Crippen molar-refractivity contribution in [3.63, 3.8) is 0 Å². The first-order valence-corrected chi connectivity index (χ1v) is 3.85. The molecule has 1 aromatic heterocycles. The molecule has 0 aliphatic carbocycles. The Labute approximate surface area is 80.7 Å². The van der Waals surface area contributed by atoms with E-state index in [-0.39, 0.29) is 12.4 Å². The summed E-state index contributed by atoms with van der Waals surface area (Å²) in [4.78, 5) is 4.18. The summed E-state index contributed by atoms with van der Waals surface area (Å²) >= 11 is 3.27. The zero-order valence-electron chi connectivity index (χ0n) is 6.17. The molecule has 0 bridgehead atoms. The average Bonchev–Trinajstić information content (AvgIpc) is 1.88. The van der Waals surface area contributed by atoms with Gasteiger partial charge in [-0.1, -0.05) is 6.07 Å². The molecule has 0 saturated carbocycles. The van der Waals surface area contributed by atoms with Crippen molar-refractivity contribution in [2.75, 3.05) is 0 Å². The molecule has 2 nitrogen and oxygen atoms in total. The molecule has 0 radical (unpaired) electrons. The first-order valence-electron chi connectivity index (χ1n) is 3.06. The van der Waals surface area contributed by atoms with E-state index in [4.69, 9.17) is 5.73 Å². The van der Waals surface area contributed by atoms with Crippen molar-refractivity contribution in [3.8, 4) is 0 Å². The van der Waals surface area contributed by atoms with Gasteiger partial charge in [-0.2, -0.15) is 0 Å². The van der Waals surface area contributed by atoms with Crippen molar-refractivity contribution in [2.24, 2.45) is 5.73 Å². The van der Waals surface area contributed by atoms with Crippen LogP contribution in [0.5, 0.6) is 0 Å². The minimum absolute atomic E-state index is 0. The minimum atomic E-state index is 0. The highest BCUT2D eigenvalue weighted by Gasteiger charge is 1.95. The van der Waals surface area contributed by atoms with Gasteiger partial charge in [-0.15, -0.1) is 12.4 Å². The van der Waals surface area contributed by atoms with Crippen molar-refractivity contribution in [3.05, 3.63) is 28.0 Å². The molecule has 0 spiro atoms. The first kappa shape index (κ1) is 10.9. The Balaban J connectivity index is 0.000001000. The number of pyridine rings is 1. The third kappa shape index (κ3) is 2.77. The van der Waals surface area contributed by atoms with Crippen LogP contribution in [0.25, 0.3) is 0 Å². The maximum Gasteiger partial charge on any atom is 0.106 e. The molecule has 0 fully saturated rings. The Kier molecular flexibility index (Phi) is 4.65. The summed E-state index contributed by atoms with van der Waals surface area (Å²) < 4.78 is 0.863. The summed E-state index contributed by atoms with van der Waals surface area (Å²) in [6.45, 7) is 2.51. The Hall–Kier alpha value is -0.120. The second-order valence-electron chi connectivity index (χ2n) is 2.08. The van der Waals surface area contributed by atoms with Crippen molar-refractivity contribution >= 4 is 28.3 Å². The molecule has 62 valence electrons. The predicted octanol–water partition coefficient (Wildman–Crippen LogP) is 2.03. The lowest BCUT2D eigenvalue weighted by atomic mass is 10.2. The lowest BCUT2D eigenvalue weighted by Gasteiger charge is -2.00. The van der Waals surface area contributed by atoms with Gasteiger partial charge in [0.25, 0.3) is 0 Å². The molecule has 0 amide bonds. The first-order chi connectivity index (χ1) is 4.74. The fraction of sp³-hybridized carbons (Fsp3) is 0.286. The van der Waals surface area contributed by atoms with Gasteiger partial charge in [0.2, 0.25) is 0 Å². The zero-order valence-corrected chi connectivity index (χ0v) is 8.58. The third-order valence-corrected chi connectivity index (χ3v) is 1.82. The van der Waals surface area contributed by atoms with Crippen LogP contribution >= 0.6 is 28.3 Å². The second kappa shape index (κ2) is 4.70. The molecule has 1 aromatic rings. The van der Waals surface area contributed by atoms with Crippen LogP contribution in [-0.2, 0) is 6.54 Å². The number of hydrogen-bond donors (Lipinski definition) is 1. The molecule has 0 atom stereocenters. The zero-order chi connectivity index (χ0) is 7.56. The summed E-state index contributed by atoms with van der Waals surface area (Å²) in [5.41, 5.74) is 7.54. The van der Waals surface area contributed by atoms with Crippen molar-refractivity contribution in [2.45, 2.75) is 13.5 Å². The summed E-state index contributed by atoms with van der Waals surface area (Å²) in [6, 6.07) is 3.88. The van der Waals surface area contributed by atoms with E-state index >= 15 is 0 Å². The standard InChI is InChI=1S/C7H9BrN2.ClH/c1-5-6(4-9)2-3-7(8)10-5;/h2-3H,4,9H2,1H3;1H. The molecule has 0 aliphatic rings. The molecule has 1 heterocycles. The lowest BCUT2D eigenvalue weighted by molar-refractivity contribution is 0.999. The van der Waals surface area contributed by atoms with E-state index in [9.17, 15) is 0 Å². The van der Waals surface area contributed by atoms with Gasteiger partial charge < -0.3 is 5.73 Å². The molecule has 0 aliphatic heterocycles. The summed E-state index contributed by atoms with van der Waals surface area (Å²) in [5.74, 6) is 0. The number of nitrogens with two attached hydrogens (primary N) is 1. The quantitative estimate of drug-likeness (QED) is 0.759. The summed E-state index contributed by atoms with van der Waals surface area (Å²) in [7, 11) is 0. The van der Waals surface area contributed by atoms with Gasteiger partial charge in [0, 0.05) is 12.2 Å². The van der Waals surface area contributed by atoms with Crippen LogP contribution in [0.1, 0.15) is 11.3 Å². The molecule has 4 heteroatoms. The minimum Gasteiger partial charge on any atom is -0.326 e. The number of aryl methyl sites for hydroxylation is 1. The van der Waals surface area contributed by atoms with Crippen molar-refractivity contribution in [1.82, 2.24) is 4.98 Å². The Morgan fingerprint density at radius 2 is 2.18 bits per heavy atom. The van der Waals surface area contributed by atoms with Crippen molar-refractivity contribution in [1.29, 1.82) is 0 Å². The molecular formula is C7H10BrClN2. The Morgan fingerprint density at radius 3 is 2.64 bits per heavy atom. The predicted molar refractivity (Wildman–Crippen MR) is 51.8 cm³/mol. The van der Waals surface area contributed by atoms with Crippen molar-refractivity contribution < 1.29 is 0 Å². The third-order valence-electron chi connectivity index (χ3n) is 1.38. The highest BCUT2D eigenvalue weighted by molar-refractivity contribution is 9.10. The molecule has 2 N–H and O–H groups in total. The molecular weight excluding hydrogens is 227 g/mol. The van der Waals surface area contributed by atoms with Crippen LogP contribution in [0.2, 0.25) is 0 Å². The van der Waals surface area contributed by atoms with Gasteiger partial charge in [0.05, 0.1) is 0 Å². The lowest BCUT2D eigenvalue weighted by Crippen LogP contribution is -2.00. The number of hydrogen-bond acceptors (Lipinski definition) is 2. The molecule has 1 rings (SSSR count). The molecule has 0 saturated heterocycles. The largest absolute Gasteiger partial charge is 0.326 e. The van der Waals surface area contributed by atoms with E-state index in [1.165, 1.54) is 0 Å². The summed E-state index contributed by atoms with van der Waals surface area (Å²) in [6.07, 6.45) is 0. The van der Waals surface area contributed by atoms with Gasteiger partial charge in [0.1, 0.15) is 4.60 Å². The van der Waals surface area contributed by atoms with Gasteiger partial charge in [0.15, 0.2) is 0 Å². The molecule has 0 unspecified atom stereocenters. The topological polar surface area (TPSA) is 38.9 Å². The number of rotatable bonds is 1. The van der Waals surface area contributed by atoms with Gasteiger partial charge in [-0.05, 0) is 34.5 Å². The van der Waals surface area contributed by atoms with Gasteiger partial charge in [-0.25, -0.2) is 4.98 Å². The van der Waals surface area contributed by atoms with E-state index < -0.39 is 0 Å². The maximum absolute atomic E-state index is 5.45. The van der Waals surface area contributed by atoms with Crippen LogP contribution in [0.3, 0.4) is 0 Å². The summed E-state index contributed by atoms with van der Waals surface area (Å²) in [5, 5.41) is 0. The smallest absolute Gasteiger partial charge is 0.106 e. The molecule has 0 aromatic carbocycles. The SMILES string of the molecule is Cc1nc(Br)ccc1CN.Cl. The fourth-order valence-corrected chi connectivity index (χ4v) is 1.17. The number of halogens is 2. The maximum atomic E-state index is 5.45. The number of aromatic nitrogens is 1. The van der Waals surface area contributed by atoms with Gasteiger partial charge in [-0.3, -0.25) is 0 Å². The normalized spacial score (nSPS) is 9.00. The van der Waals surface area contributed by atoms with Crippen LogP contribution in [0.15, 0.2) is 16.7 Å². The average molecular weight is 238 g/mol.